The number of aromatic nitrogens is 3. The van der Waals surface area contributed by atoms with Gasteiger partial charge in [0.25, 0.3) is 5.91 Å². The van der Waals surface area contributed by atoms with E-state index in [2.05, 4.69) is 15.6 Å². The van der Waals surface area contributed by atoms with Gasteiger partial charge in [-0.25, -0.2) is 4.79 Å². The van der Waals surface area contributed by atoms with Crippen LogP contribution in [0.3, 0.4) is 0 Å². The zero-order valence-electron chi connectivity index (χ0n) is 11.1. The molecule has 8 nitrogen and oxygen atoms in total. The van der Waals surface area contributed by atoms with Gasteiger partial charge in [-0.2, -0.15) is 0 Å². The lowest BCUT2D eigenvalue weighted by Gasteiger charge is -2.27. The summed E-state index contributed by atoms with van der Waals surface area (Å²) in [6.07, 6.45) is 2.03. The second-order valence-electron chi connectivity index (χ2n) is 4.20. The van der Waals surface area contributed by atoms with Gasteiger partial charge < -0.3 is 16.2 Å². The summed E-state index contributed by atoms with van der Waals surface area (Å²) >= 11 is 0. The molecule has 1 amide bonds. The lowest BCUT2D eigenvalue weighted by atomic mass is 9.93. The van der Waals surface area contributed by atoms with E-state index in [0.29, 0.717) is 25.9 Å². The number of amides is 1. The SMILES string of the molecule is CCC(CC)(NC(=O)c1cn(CCN)nn1)C(=O)O. The molecule has 0 saturated heterocycles. The Balaban J connectivity index is 2.84. The summed E-state index contributed by atoms with van der Waals surface area (Å²) in [5.41, 5.74) is 4.18. The zero-order chi connectivity index (χ0) is 14.5. The monoisotopic (exact) mass is 269 g/mol. The number of hydrogen-bond acceptors (Lipinski definition) is 5. The molecule has 1 aromatic heterocycles. The number of nitrogens with zero attached hydrogens (tertiary/aromatic N) is 3. The van der Waals surface area contributed by atoms with Gasteiger partial charge in [0, 0.05) is 6.54 Å². The number of hydrogen-bond donors (Lipinski definition) is 3. The van der Waals surface area contributed by atoms with Crippen LogP contribution in [-0.2, 0) is 11.3 Å². The van der Waals surface area contributed by atoms with Crippen molar-refractivity contribution < 1.29 is 14.7 Å². The molecular formula is C11H19N5O3. The summed E-state index contributed by atoms with van der Waals surface area (Å²) in [5, 5.41) is 19.2. The average molecular weight is 269 g/mol. The van der Waals surface area contributed by atoms with Gasteiger partial charge >= 0.3 is 5.97 Å². The molecule has 1 aromatic rings. The maximum atomic E-state index is 12.0. The normalized spacial score (nSPS) is 11.3. The summed E-state index contributed by atoms with van der Waals surface area (Å²) in [6.45, 7) is 4.26. The highest BCUT2D eigenvalue weighted by atomic mass is 16.4. The number of carbonyl (C=O) groups excluding carboxylic acids is 1. The van der Waals surface area contributed by atoms with Crippen LogP contribution in [0.15, 0.2) is 6.20 Å². The van der Waals surface area contributed by atoms with Gasteiger partial charge in [-0.3, -0.25) is 9.48 Å². The standard InChI is InChI=1S/C11H19N5O3/c1-3-11(4-2,10(18)19)13-9(17)8-7-16(6-5-12)15-14-8/h7H,3-6,12H2,1-2H3,(H,13,17)(H,18,19). The summed E-state index contributed by atoms with van der Waals surface area (Å²) in [5.74, 6) is -1.60. The van der Waals surface area contributed by atoms with E-state index in [1.165, 1.54) is 10.9 Å². The van der Waals surface area contributed by atoms with E-state index in [4.69, 9.17) is 5.73 Å². The highest BCUT2D eigenvalue weighted by molar-refractivity contribution is 5.96. The average Bonchev–Trinajstić information content (AvgIpc) is 2.84. The topological polar surface area (TPSA) is 123 Å². The van der Waals surface area contributed by atoms with Crippen molar-refractivity contribution in [1.29, 1.82) is 0 Å². The van der Waals surface area contributed by atoms with E-state index >= 15 is 0 Å². The molecule has 0 bridgehead atoms. The molecule has 0 spiro atoms. The summed E-state index contributed by atoms with van der Waals surface area (Å²) < 4.78 is 1.44. The van der Waals surface area contributed by atoms with Crippen LogP contribution in [0.2, 0.25) is 0 Å². The molecule has 106 valence electrons. The minimum atomic E-state index is -1.27. The molecule has 0 aromatic carbocycles. The Morgan fingerprint density at radius 1 is 1.47 bits per heavy atom. The Labute approximate surface area is 111 Å². The highest BCUT2D eigenvalue weighted by Gasteiger charge is 2.37. The fourth-order valence-electron chi connectivity index (χ4n) is 1.71. The summed E-state index contributed by atoms with van der Waals surface area (Å²) in [4.78, 5) is 23.3. The number of aliphatic carboxylic acids is 1. The van der Waals surface area contributed by atoms with E-state index in [1.54, 1.807) is 13.8 Å². The molecule has 4 N–H and O–H groups in total. The molecule has 0 unspecified atom stereocenters. The van der Waals surface area contributed by atoms with Crippen LogP contribution in [0.4, 0.5) is 0 Å². The van der Waals surface area contributed by atoms with Crippen molar-refractivity contribution in [2.45, 2.75) is 38.8 Å². The van der Waals surface area contributed by atoms with Crippen molar-refractivity contribution >= 4 is 11.9 Å². The van der Waals surface area contributed by atoms with Crippen LogP contribution >= 0.6 is 0 Å². The molecule has 1 rings (SSSR count). The van der Waals surface area contributed by atoms with E-state index in [1.807, 2.05) is 0 Å². The molecule has 19 heavy (non-hydrogen) atoms. The maximum Gasteiger partial charge on any atom is 0.329 e. The minimum absolute atomic E-state index is 0.0842. The first-order valence-electron chi connectivity index (χ1n) is 6.15. The molecule has 0 radical (unpaired) electrons. The van der Waals surface area contributed by atoms with Gasteiger partial charge in [0.05, 0.1) is 12.7 Å². The minimum Gasteiger partial charge on any atom is -0.480 e. The van der Waals surface area contributed by atoms with Gasteiger partial charge in [-0.15, -0.1) is 5.10 Å². The van der Waals surface area contributed by atoms with Gasteiger partial charge in [-0.05, 0) is 12.8 Å². The van der Waals surface area contributed by atoms with Gasteiger partial charge in [0.15, 0.2) is 5.69 Å². The van der Waals surface area contributed by atoms with Gasteiger partial charge in [0.1, 0.15) is 5.54 Å². The van der Waals surface area contributed by atoms with E-state index in [-0.39, 0.29) is 5.69 Å². The van der Waals surface area contributed by atoms with Gasteiger partial charge in [0.2, 0.25) is 0 Å². The van der Waals surface area contributed by atoms with Crippen molar-refractivity contribution in [3.05, 3.63) is 11.9 Å². The van der Waals surface area contributed by atoms with Crippen LogP contribution in [-0.4, -0.2) is 44.1 Å². The predicted octanol–water partition coefficient (Wildman–Crippen LogP) is -0.390. The van der Waals surface area contributed by atoms with Crippen molar-refractivity contribution in [3.63, 3.8) is 0 Å². The second kappa shape index (κ2) is 6.28. The first-order chi connectivity index (χ1) is 8.99. The molecule has 0 aliphatic heterocycles. The Morgan fingerprint density at radius 3 is 2.58 bits per heavy atom. The van der Waals surface area contributed by atoms with Crippen LogP contribution < -0.4 is 11.1 Å². The van der Waals surface area contributed by atoms with Crippen LogP contribution in [0, 0.1) is 0 Å². The molecular weight excluding hydrogens is 250 g/mol. The quantitative estimate of drug-likeness (QED) is 0.619. The number of rotatable bonds is 7. The number of carboxylic acids is 1. The maximum absolute atomic E-state index is 12.0. The van der Waals surface area contributed by atoms with Crippen molar-refractivity contribution in [2.24, 2.45) is 5.73 Å². The number of carbonyl (C=O) groups is 2. The van der Waals surface area contributed by atoms with Crippen molar-refractivity contribution in [2.75, 3.05) is 6.54 Å². The summed E-state index contributed by atoms with van der Waals surface area (Å²) in [6, 6.07) is 0. The lowest BCUT2D eigenvalue weighted by molar-refractivity contribution is -0.144. The number of carboxylic acid groups (broad SMARTS) is 1. The molecule has 0 saturated carbocycles. The Bertz CT molecular complexity index is 453. The van der Waals surface area contributed by atoms with E-state index in [9.17, 15) is 14.7 Å². The van der Waals surface area contributed by atoms with Crippen molar-refractivity contribution in [3.8, 4) is 0 Å². The summed E-state index contributed by atoms with van der Waals surface area (Å²) in [7, 11) is 0. The lowest BCUT2D eigenvalue weighted by Crippen LogP contribution is -2.53. The third-order valence-corrected chi connectivity index (χ3v) is 3.10. The molecule has 0 aliphatic rings. The number of nitrogens with two attached hydrogens (primary N) is 1. The Kier molecular flexibility index (Phi) is 4.99. The molecule has 0 aliphatic carbocycles. The third kappa shape index (κ3) is 3.28. The molecule has 0 fully saturated rings. The Morgan fingerprint density at radius 2 is 2.11 bits per heavy atom. The first-order valence-corrected chi connectivity index (χ1v) is 6.15. The largest absolute Gasteiger partial charge is 0.480 e. The van der Waals surface area contributed by atoms with E-state index < -0.39 is 17.4 Å². The molecule has 8 heteroatoms. The van der Waals surface area contributed by atoms with Crippen LogP contribution in [0.25, 0.3) is 0 Å². The van der Waals surface area contributed by atoms with Crippen molar-refractivity contribution in [1.82, 2.24) is 20.3 Å². The zero-order valence-corrected chi connectivity index (χ0v) is 11.1. The smallest absolute Gasteiger partial charge is 0.329 e. The van der Waals surface area contributed by atoms with E-state index in [0.717, 1.165) is 0 Å². The predicted molar refractivity (Wildman–Crippen MR) is 67.5 cm³/mol. The van der Waals surface area contributed by atoms with Crippen LogP contribution in [0.1, 0.15) is 37.2 Å². The molecule has 0 atom stereocenters. The Hall–Kier alpha value is -1.96. The highest BCUT2D eigenvalue weighted by Crippen LogP contribution is 2.16. The third-order valence-electron chi connectivity index (χ3n) is 3.10. The fraction of sp³-hybridized carbons (Fsp3) is 0.636. The fourth-order valence-corrected chi connectivity index (χ4v) is 1.71. The first kappa shape index (κ1) is 15.1. The second-order valence-corrected chi connectivity index (χ2v) is 4.20. The number of nitrogens with one attached hydrogen (secondary N) is 1. The van der Waals surface area contributed by atoms with Gasteiger partial charge in [-0.1, -0.05) is 19.1 Å². The van der Waals surface area contributed by atoms with Crippen LogP contribution in [0.5, 0.6) is 0 Å². The molecule has 1 heterocycles.